The minimum absolute atomic E-state index is 0.209. The van der Waals surface area contributed by atoms with Crippen LogP contribution in [-0.2, 0) is 9.59 Å². The maximum absolute atomic E-state index is 12.4. The Hall–Kier alpha value is -2.04. The number of ether oxygens (including phenoxy) is 1. The molecule has 0 heterocycles. The van der Waals surface area contributed by atoms with E-state index in [0.29, 0.717) is 5.69 Å². The van der Waals surface area contributed by atoms with Gasteiger partial charge in [-0.3, -0.25) is 9.59 Å². The highest BCUT2D eigenvalue weighted by atomic mass is 16.5. The van der Waals surface area contributed by atoms with E-state index in [0.717, 1.165) is 31.4 Å². The van der Waals surface area contributed by atoms with Gasteiger partial charge in [-0.2, -0.15) is 0 Å². The van der Waals surface area contributed by atoms with Gasteiger partial charge in [0.15, 0.2) is 0 Å². The molecule has 2 rings (SSSR count). The van der Waals surface area contributed by atoms with Gasteiger partial charge in [-0.1, -0.05) is 12.8 Å². The Labute approximate surface area is 131 Å². The second-order valence-corrected chi connectivity index (χ2v) is 6.26. The predicted molar refractivity (Wildman–Crippen MR) is 85.8 cm³/mol. The van der Waals surface area contributed by atoms with Gasteiger partial charge in [-0.05, 0) is 51.0 Å². The van der Waals surface area contributed by atoms with Crippen LogP contribution in [0, 0.1) is 5.41 Å². The van der Waals surface area contributed by atoms with Crippen molar-refractivity contribution >= 4 is 17.5 Å². The van der Waals surface area contributed by atoms with Crippen LogP contribution < -0.4 is 15.4 Å². The number of carbonyl (C=O) groups is 2. The fraction of sp³-hybridized carbons (Fsp3) is 0.529. The van der Waals surface area contributed by atoms with Gasteiger partial charge < -0.3 is 15.4 Å². The van der Waals surface area contributed by atoms with Crippen molar-refractivity contribution in [1.29, 1.82) is 0 Å². The summed E-state index contributed by atoms with van der Waals surface area (Å²) in [6.07, 6.45) is 4.29. The predicted octanol–water partition coefficient (Wildman–Crippen LogP) is 2.72. The van der Waals surface area contributed by atoms with Crippen molar-refractivity contribution in [2.45, 2.75) is 45.6 Å². The summed E-state index contributed by atoms with van der Waals surface area (Å²) >= 11 is 0. The largest absolute Gasteiger partial charge is 0.497 e. The lowest BCUT2D eigenvalue weighted by Gasteiger charge is -2.25. The molecule has 1 aliphatic rings. The monoisotopic (exact) mass is 304 g/mol. The Bertz CT molecular complexity index is 531. The Morgan fingerprint density at radius 2 is 1.68 bits per heavy atom. The highest BCUT2D eigenvalue weighted by Crippen LogP contribution is 2.23. The van der Waals surface area contributed by atoms with Gasteiger partial charge in [-0.25, -0.2) is 0 Å². The second kappa shape index (κ2) is 6.81. The zero-order chi connectivity index (χ0) is 16.2. The van der Waals surface area contributed by atoms with Gasteiger partial charge in [0, 0.05) is 11.7 Å². The summed E-state index contributed by atoms with van der Waals surface area (Å²) in [5.74, 6) is 0.190. The molecule has 0 spiro atoms. The molecule has 1 aliphatic carbocycles. The van der Waals surface area contributed by atoms with Crippen LogP contribution in [0.15, 0.2) is 24.3 Å². The van der Waals surface area contributed by atoms with Crippen LogP contribution in [0.25, 0.3) is 0 Å². The molecule has 1 aromatic rings. The quantitative estimate of drug-likeness (QED) is 0.822. The second-order valence-electron chi connectivity index (χ2n) is 6.26. The van der Waals surface area contributed by atoms with E-state index in [-0.39, 0.29) is 17.9 Å². The number of carbonyl (C=O) groups excluding carboxylic acids is 2. The van der Waals surface area contributed by atoms with Crippen LogP contribution in [0.2, 0.25) is 0 Å². The highest BCUT2D eigenvalue weighted by molar-refractivity contribution is 6.09. The number of anilines is 1. The van der Waals surface area contributed by atoms with Gasteiger partial charge in [-0.15, -0.1) is 0 Å². The van der Waals surface area contributed by atoms with E-state index in [1.54, 1.807) is 45.2 Å². The zero-order valence-corrected chi connectivity index (χ0v) is 13.4. The lowest BCUT2D eigenvalue weighted by Crippen LogP contribution is -2.47. The van der Waals surface area contributed by atoms with Gasteiger partial charge in [0.2, 0.25) is 11.8 Å². The Morgan fingerprint density at radius 3 is 2.23 bits per heavy atom. The highest BCUT2D eigenvalue weighted by Gasteiger charge is 2.37. The Morgan fingerprint density at radius 1 is 1.09 bits per heavy atom. The van der Waals surface area contributed by atoms with Crippen LogP contribution in [0.1, 0.15) is 39.5 Å². The van der Waals surface area contributed by atoms with Gasteiger partial charge >= 0.3 is 0 Å². The summed E-state index contributed by atoms with van der Waals surface area (Å²) in [6.45, 7) is 3.30. The smallest absolute Gasteiger partial charge is 0.239 e. The third-order valence-electron chi connectivity index (χ3n) is 4.17. The lowest BCUT2D eigenvalue weighted by molar-refractivity contribution is -0.138. The third-order valence-corrected chi connectivity index (χ3v) is 4.17. The zero-order valence-electron chi connectivity index (χ0n) is 13.4. The number of amides is 2. The minimum Gasteiger partial charge on any atom is -0.497 e. The first kappa shape index (κ1) is 16.3. The molecule has 0 aliphatic heterocycles. The van der Waals surface area contributed by atoms with Crippen LogP contribution in [-0.4, -0.2) is 25.0 Å². The SMILES string of the molecule is COc1ccc(NC(=O)C(C)(C)C(=O)NC2CCCC2)cc1. The number of nitrogens with one attached hydrogen (secondary N) is 2. The molecule has 1 saturated carbocycles. The summed E-state index contributed by atoms with van der Waals surface area (Å²) in [4.78, 5) is 24.8. The number of rotatable bonds is 5. The van der Waals surface area contributed by atoms with E-state index in [2.05, 4.69) is 10.6 Å². The normalized spacial score (nSPS) is 15.4. The van der Waals surface area contributed by atoms with Crippen molar-refractivity contribution in [2.24, 2.45) is 5.41 Å². The lowest BCUT2D eigenvalue weighted by atomic mass is 9.90. The summed E-state index contributed by atoms with van der Waals surface area (Å²) in [6, 6.07) is 7.24. The van der Waals surface area contributed by atoms with Crippen LogP contribution in [0.4, 0.5) is 5.69 Å². The van der Waals surface area contributed by atoms with E-state index in [4.69, 9.17) is 4.74 Å². The summed E-state index contributed by atoms with van der Waals surface area (Å²) in [7, 11) is 1.59. The average molecular weight is 304 g/mol. The van der Waals surface area contributed by atoms with Crippen molar-refractivity contribution in [3.05, 3.63) is 24.3 Å². The van der Waals surface area contributed by atoms with Gasteiger partial charge in [0.25, 0.3) is 0 Å². The van der Waals surface area contributed by atoms with Crippen molar-refractivity contribution in [2.75, 3.05) is 12.4 Å². The van der Waals surface area contributed by atoms with Crippen molar-refractivity contribution < 1.29 is 14.3 Å². The first-order valence-corrected chi connectivity index (χ1v) is 7.70. The number of methoxy groups -OCH3 is 1. The van der Waals surface area contributed by atoms with Crippen molar-refractivity contribution in [3.8, 4) is 5.75 Å². The molecule has 5 heteroatoms. The molecule has 0 saturated heterocycles. The number of hydrogen-bond acceptors (Lipinski definition) is 3. The van der Waals surface area contributed by atoms with E-state index < -0.39 is 5.41 Å². The summed E-state index contributed by atoms with van der Waals surface area (Å²) < 4.78 is 5.08. The molecule has 1 aromatic carbocycles. The Kier molecular flexibility index (Phi) is 5.06. The van der Waals surface area contributed by atoms with E-state index in [1.165, 1.54) is 0 Å². The molecule has 0 radical (unpaired) electrons. The maximum Gasteiger partial charge on any atom is 0.239 e. The molecule has 0 unspecified atom stereocenters. The fourth-order valence-corrected chi connectivity index (χ4v) is 2.50. The molecule has 1 fully saturated rings. The van der Waals surface area contributed by atoms with Crippen LogP contribution >= 0.6 is 0 Å². The Balaban J connectivity index is 1.97. The third kappa shape index (κ3) is 3.78. The van der Waals surface area contributed by atoms with Crippen molar-refractivity contribution in [3.63, 3.8) is 0 Å². The van der Waals surface area contributed by atoms with Crippen LogP contribution in [0.3, 0.4) is 0 Å². The summed E-state index contributed by atoms with van der Waals surface area (Å²) in [5, 5.41) is 5.77. The van der Waals surface area contributed by atoms with E-state index >= 15 is 0 Å². The molecular formula is C17H24N2O3. The molecule has 0 aromatic heterocycles. The minimum atomic E-state index is -1.11. The molecule has 5 nitrogen and oxygen atoms in total. The van der Waals surface area contributed by atoms with Crippen LogP contribution in [0.5, 0.6) is 5.75 Å². The van der Waals surface area contributed by atoms with E-state index in [9.17, 15) is 9.59 Å². The number of hydrogen-bond donors (Lipinski definition) is 2. The van der Waals surface area contributed by atoms with E-state index in [1.807, 2.05) is 0 Å². The first-order valence-electron chi connectivity index (χ1n) is 7.70. The molecule has 0 atom stereocenters. The molecule has 2 N–H and O–H groups in total. The molecule has 22 heavy (non-hydrogen) atoms. The topological polar surface area (TPSA) is 67.4 Å². The molecule has 120 valence electrons. The molecule has 2 amide bonds. The maximum atomic E-state index is 12.4. The molecular weight excluding hydrogens is 280 g/mol. The van der Waals surface area contributed by atoms with Gasteiger partial charge in [0.05, 0.1) is 7.11 Å². The number of benzene rings is 1. The first-order chi connectivity index (χ1) is 10.4. The fourth-order valence-electron chi connectivity index (χ4n) is 2.50. The average Bonchev–Trinajstić information content (AvgIpc) is 3.00. The molecule has 0 bridgehead atoms. The standard InChI is InChI=1S/C17H24N2O3/c1-17(2,15(20)18-12-6-4-5-7-12)16(21)19-13-8-10-14(22-3)11-9-13/h8-12H,4-7H2,1-3H3,(H,18,20)(H,19,21). The summed E-state index contributed by atoms with van der Waals surface area (Å²) in [5.41, 5.74) is -0.463. The van der Waals surface area contributed by atoms with Crippen molar-refractivity contribution in [1.82, 2.24) is 5.32 Å². The van der Waals surface area contributed by atoms with Gasteiger partial charge in [0.1, 0.15) is 11.2 Å².